The van der Waals surface area contributed by atoms with Gasteiger partial charge in [-0.2, -0.15) is 0 Å². The maximum absolute atomic E-state index is 11.9. The van der Waals surface area contributed by atoms with Gasteiger partial charge in [0.1, 0.15) is 0 Å². The van der Waals surface area contributed by atoms with E-state index in [1.165, 1.54) is 6.07 Å². The first-order chi connectivity index (χ1) is 8.78. The molecule has 102 valence electrons. The summed E-state index contributed by atoms with van der Waals surface area (Å²) in [6.07, 6.45) is 0.553. The molecule has 1 aromatic heterocycles. The lowest BCUT2D eigenvalue weighted by Gasteiger charge is -2.34. The molecule has 19 heavy (non-hydrogen) atoms. The van der Waals surface area contributed by atoms with Gasteiger partial charge in [0.15, 0.2) is 11.5 Å². The van der Waals surface area contributed by atoms with E-state index < -0.39 is 5.97 Å². The van der Waals surface area contributed by atoms with Crippen LogP contribution in [0, 0.1) is 5.41 Å². The topological polar surface area (TPSA) is 101 Å². The van der Waals surface area contributed by atoms with E-state index in [0.29, 0.717) is 0 Å². The van der Waals surface area contributed by atoms with Crippen molar-refractivity contribution in [2.24, 2.45) is 5.41 Å². The third-order valence-electron chi connectivity index (χ3n) is 2.95. The number of carboxylic acid groups (broad SMARTS) is 1. The molecule has 0 aliphatic carbocycles. The van der Waals surface area contributed by atoms with Gasteiger partial charge in [0.05, 0.1) is 6.54 Å². The van der Waals surface area contributed by atoms with E-state index in [-0.39, 0.29) is 48.1 Å². The van der Waals surface area contributed by atoms with Crippen molar-refractivity contribution in [1.82, 2.24) is 10.1 Å². The molecule has 2 heterocycles. The van der Waals surface area contributed by atoms with Gasteiger partial charge >= 0.3 is 5.97 Å². The van der Waals surface area contributed by atoms with E-state index in [2.05, 4.69) is 5.16 Å². The maximum Gasteiger partial charge on any atom is 0.358 e. The Morgan fingerprint density at radius 3 is 2.47 bits per heavy atom. The lowest BCUT2D eigenvalue weighted by atomic mass is 9.82. The molecular formula is C12H14N2O5. The number of nitrogens with zero attached hydrogens (tertiary/aromatic N) is 2. The minimum Gasteiger partial charge on any atom is -0.476 e. The lowest BCUT2D eigenvalue weighted by Crippen LogP contribution is -2.45. The molecule has 0 saturated carbocycles. The summed E-state index contributed by atoms with van der Waals surface area (Å²) in [7, 11) is 0. The van der Waals surface area contributed by atoms with Gasteiger partial charge in [0.2, 0.25) is 11.8 Å². The van der Waals surface area contributed by atoms with E-state index in [0.717, 1.165) is 4.90 Å². The summed E-state index contributed by atoms with van der Waals surface area (Å²) in [4.78, 5) is 35.5. The Morgan fingerprint density at radius 2 is 2.00 bits per heavy atom. The lowest BCUT2D eigenvalue weighted by molar-refractivity contribution is -0.153. The van der Waals surface area contributed by atoms with Gasteiger partial charge in [-0.25, -0.2) is 4.79 Å². The molecule has 0 aromatic carbocycles. The average Bonchev–Trinajstić information content (AvgIpc) is 2.70. The zero-order chi connectivity index (χ0) is 14.2. The van der Waals surface area contributed by atoms with Crippen LogP contribution in [0.15, 0.2) is 10.6 Å². The third-order valence-corrected chi connectivity index (χ3v) is 2.95. The predicted octanol–water partition coefficient (Wildman–Crippen LogP) is 1.05. The molecule has 0 unspecified atom stereocenters. The Kier molecular flexibility index (Phi) is 3.13. The third kappa shape index (κ3) is 2.81. The van der Waals surface area contributed by atoms with Crippen LogP contribution in [0.3, 0.4) is 0 Å². The standard InChI is InChI=1S/C12H14N2O5/c1-12(2)4-9(15)14(10(16)5-12)6-7-3-8(11(17)18)13-19-7/h3H,4-6H2,1-2H3,(H,17,18). The van der Waals surface area contributed by atoms with Gasteiger partial charge in [-0.15, -0.1) is 0 Å². The second kappa shape index (κ2) is 4.49. The number of rotatable bonds is 3. The zero-order valence-electron chi connectivity index (χ0n) is 10.7. The number of imide groups is 1. The number of carboxylic acids is 1. The highest BCUT2D eigenvalue weighted by Crippen LogP contribution is 2.32. The molecule has 0 radical (unpaired) electrons. The normalized spacial score (nSPS) is 18.7. The van der Waals surface area contributed by atoms with Crippen LogP contribution >= 0.6 is 0 Å². The SMILES string of the molecule is CC1(C)CC(=O)N(Cc2cc(C(=O)O)no2)C(=O)C1. The molecule has 0 atom stereocenters. The highest BCUT2D eigenvalue weighted by Gasteiger charge is 2.37. The molecular weight excluding hydrogens is 252 g/mol. The molecule has 1 aliphatic rings. The van der Waals surface area contributed by atoms with E-state index in [1.54, 1.807) is 0 Å². The maximum atomic E-state index is 11.9. The number of amides is 2. The summed E-state index contributed by atoms with van der Waals surface area (Å²) in [5, 5.41) is 12.0. The molecule has 2 rings (SSSR count). The van der Waals surface area contributed by atoms with Crippen molar-refractivity contribution in [3.63, 3.8) is 0 Å². The molecule has 1 N–H and O–H groups in total. The van der Waals surface area contributed by atoms with Crippen molar-refractivity contribution in [1.29, 1.82) is 0 Å². The number of likely N-dealkylation sites (tertiary alicyclic amines) is 1. The molecule has 1 aliphatic heterocycles. The van der Waals surface area contributed by atoms with Crippen molar-refractivity contribution in [3.8, 4) is 0 Å². The molecule has 1 saturated heterocycles. The van der Waals surface area contributed by atoms with E-state index in [1.807, 2.05) is 13.8 Å². The fourth-order valence-electron chi connectivity index (χ4n) is 2.03. The summed E-state index contributed by atoms with van der Waals surface area (Å²) in [5.74, 6) is -1.60. The number of carbonyl (C=O) groups is 3. The van der Waals surface area contributed by atoms with Crippen LogP contribution in [0.4, 0.5) is 0 Å². The van der Waals surface area contributed by atoms with E-state index in [9.17, 15) is 14.4 Å². The smallest absolute Gasteiger partial charge is 0.358 e. The summed E-state index contributed by atoms with van der Waals surface area (Å²) in [6.45, 7) is 3.64. The molecule has 1 fully saturated rings. The Morgan fingerprint density at radius 1 is 1.42 bits per heavy atom. The number of carbonyl (C=O) groups excluding carboxylic acids is 2. The first-order valence-corrected chi connectivity index (χ1v) is 5.80. The first-order valence-electron chi connectivity index (χ1n) is 5.80. The van der Waals surface area contributed by atoms with Crippen molar-refractivity contribution in [3.05, 3.63) is 17.5 Å². The van der Waals surface area contributed by atoms with Crippen LogP contribution < -0.4 is 0 Å². The number of aromatic carboxylic acids is 1. The highest BCUT2D eigenvalue weighted by molar-refractivity contribution is 5.98. The molecule has 2 amide bonds. The zero-order valence-corrected chi connectivity index (χ0v) is 10.7. The molecule has 7 heteroatoms. The van der Waals surface area contributed by atoms with Gasteiger partial charge in [0.25, 0.3) is 0 Å². The minimum absolute atomic E-state index is 0.0754. The summed E-state index contributed by atoms with van der Waals surface area (Å²) >= 11 is 0. The van der Waals surface area contributed by atoms with Gasteiger partial charge < -0.3 is 9.63 Å². The Balaban J connectivity index is 2.12. The molecule has 7 nitrogen and oxygen atoms in total. The number of aromatic nitrogens is 1. The fraction of sp³-hybridized carbons (Fsp3) is 0.500. The van der Waals surface area contributed by atoms with Crippen LogP contribution in [0.2, 0.25) is 0 Å². The summed E-state index contributed by atoms with van der Waals surface area (Å²) in [6, 6.07) is 1.21. The largest absolute Gasteiger partial charge is 0.476 e. The van der Waals surface area contributed by atoms with Crippen molar-refractivity contribution < 1.29 is 24.0 Å². The molecule has 0 bridgehead atoms. The van der Waals surface area contributed by atoms with Crippen LogP contribution in [0.5, 0.6) is 0 Å². The van der Waals surface area contributed by atoms with Gasteiger partial charge in [-0.3, -0.25) is 14.5 Å². The summed E-state index contributed by atoms with van der Waals surface area (Å²) < 4.78 is 4.80. The average molecular weight is 266 g/mol. The number of hydrogen-bond acceptors (Lipinski definition) is 5. The van der Waals surface area contributed by atoms with Crippen molar-refractivity contribution >= 4 is 17.8 Å². The Labute approximate surface area is 109 Å². The van der Waals surface area contributed by atoms with E-state index in [4.69, 9.17) is 9.63 Å². The van der Waals surface area contributed by atoms with Gasteiger partial charge in [0, 0.05) is 18.9 Å². The highest BCUT2D eigenvalue weighted by atomic mass is 16.5. The second-order valence-corrected chi connectivity index (χ2v) is 5.38. The fourth-order valence-corrected chi connectivity index (χ4v) is 2.03. The minimum atomic E-state index is -1.22. The van der Waals surface area contributed by atoms with Crippen LogP contribution in [-0.2, 0) is 16.1 Å². The quantitative estimate of drug-likeness (QED) is 0.820. The second-order valence-electron chi connectivity index (χ2n) is 5.38. The van der Waals surface area contributed by atoms with Gasteiger partial charge in [-0.05, 0) is 5.41 Å². The van der Waals surface area contributed by atoms with Gasteiger partial charge in [-0.1, -0.05) is 19.0 Å². The summed E-state index contributed by atoms with van der Waals surface area (Å²) in [5.41, 5.74) is -0.578. The Hall–Kier alpha value is -2.18. The first kappa shape index (κ1) is 13.3. The van der Waals surface area contributed by atoms with Crippen LogP contribution in [0.25, 0.3) is 0 Å². The van der Waals surface area contributed by atoms with E-state index >= 15 is 0 Å². The number of piperidine rings is 1. The predicted molar refractivity (Wildman–Crippen MR) is 62.0 cm³/mol. The monoisotopic (exact) mass is 266 g/mol. The number of hydrogen-bond donors (Lipinski definition) is 1. The van der Waals surface area contributed by atoms with Crippen LogP contribution in [0.1, 0.15) is 42.9 Å². The van der Waals surface area contributed by atoms with Crippen molar-refractivity contribution in [2.45, 2.75) is 33.2 Å². The molecule has 1 aromatic rings. The van der Waals surface area contributed by atoms with Crippen molar-refractivity contribution in [2.75, 3.05) is 0 Å². The van der Waals surface area contributed by atoms with Crippen LogP contribution in [-0.4, -0.2) is 32.9 Å². The molecule has 0 spiro atoms. The Bertz CT molecular complexity index is 526.